The Morgan fingerprint density at radius 3 is 2.21 bits per heavy atom. The van der Waals surface area contributed by atoms with Gasteiger partial charge in [0.1, 0.15) is 5.75 Å². The Morgan fingerprint density at radius 2 is 1.67 bits per heavy atom. The van der Waals surface area contributed by atoms with E-state index in [0.29, 0.717) is 5.71 Å². The van der Waals surface area contributed by atoms with Crippen molar-refractivity contribution in [2.24, 2.45) is 5.10 Å². The van der Waals surface area contributed by atoms with Crippen molar-refractivity contribution in [1.82, 2.24) is 4.83 Å². The lowest BCUT2D eigenvalue weighted by atomic mass is 10.1. The summed E-state index contributed by atoms with van der Waals surface area (Å²) >= 11 is 0. The van der Waals surface area contributed by atoms with Gasteiger partial charge in [-0.1, -0.05) is 29.8 Å². The summed E-state index contributed by atoms with van der Waals surface area (Å²) in [6, 6.07) is 12.1. The molecule has 8 heteroatoms. The highest BCUT2D eigenvalue weighted by atomic mass is 32.2. The number of aryl methyl sites for hydroxylation is 1. The van der Waals surface area contributed by atoms with Crippen LogP contribution in [-0.4, -0.2) is 20.7 Å². The van der Waals surface area contributed by atoms with Crippen molar-refractivity contribution in [3.05, 3.63) is 59.7 Å². The number of halogens is 2. The van der Waals surface area contributed by atoms with Gasteiger partial charge in [0.15, 0.2) is 0 Å². The summed E-state index contributed by atoms with van der Waals surface area (Å²) < 4.78 is 52.6. The standard InChI is InChI=1S/C16H16F2N2O3S/c1-11-3-5-13(6-4-11)12(2)19-20-24(21,22)15-9-7-14(8-10-15)23-16(17)18/h3-10,16,20H,1-2H3/b19-12-. The van der Waals surface area contributed by atoms with Gasteiger partial charge in [0, 0.05) is 0 Å². The minimum Gasteiger partial charge on any atom is -0.435 e. The van der Waals surface area contributed by atoms with Gasteiger partial charge in [0.2, 0.25) is 0 Å². The van der Waals surface area contributed by atoms with Gasteiger partial charge >= 0.3 is 6.61 Å². The van der Waals surface area contributed by atoms with Crippen molar-refractivity contribution >= 4 is 15.7 Å². The zero-order valence-electron chi connectivity index (χ0n) is 13.0. The maximum absolute atomic E-state index is 12.1. The number of sulfonamides is 1. The van der Waals surface area contributed by atoms with Crippen LogP contribution in [0.4, 0.5) is 8.78 Å². The highest BCUT2D eigenvalue weighted by Crippen LogP contribution is 2.17. The van der Waals surface area contributed by atoms with Crippen LogP contribution in [0.1, 0.15) is 18.1 Å². The van der Waals surface area contributed by atoms with E-state index in [2.05, 4.69) is 14.7 Å². The molecule has 0 saturated heterocycles. The highest BCUT2D eigenvalue weighted by Gasteiger charge is 2.14. The van der Waals surface area contributed by atoms with Crippen molar-refractivity contribution in [1.29, 1.82) is 0 Å². The minimum atomic E-state index is -3.90. The number of rotatable bonds is 6. The van der Waals surface area contributed by atoms with Crippen LogP contribution >= 0.6 is 0 Å². The molecule has 0 amide bonds. The fourth-order valence-electron chi connectivity index (χ4n) is 1.84. The van der Waals surface area contributed by atoms with Crippen molar-refractivity contribution < 1.29 is 21.9 Å². The Bertz CT molecular complexity index is 817. The molecule has 5 nitrogen and oxygen atoms in total. The molecular weight excluding hydrogens is 338 g/mol. The summed E-state index contributed by atoms with van der Waals surface area (Å²) in [4.78, 5) is 2.01. The zero-order valence-corrected chi connectivity index (χ0v) is 13.8. The molecule has 2 rings (SSSR count). The zero-order chi connectivity index (χ0) is 17.7. The summed E-state index contributed by atoms with van der Waals surface area (Å²) in [5.41, 5.74) is 2.36. The molecule has 2 aromatic rings. The van der Waals surface area contributed by atoms with Crippen LogP contribution in [0.5, 0.6) is 5.75 Å². The summed E-state index contributed by atoms with van der Waals surface area (Å²) in [6.45, 7) is 0.653. The van der Waals surface area contributed by atoms with Gasteiger partial charge in [-0.05, 0) is 43.7 Å². The maximum Gasteiger partial charge on any atom is 0.387 e. The SMILES string of the molecule is C/C(=N/NS(=O)(=O)c1ccc(OC(F)F)cc1)c1ccc(C)cc1. The van der Waals surface area contributed by atoms with Gasteiger partial charge in [-0.2, -0.15) is 27.1 Å². The Kier molecular flexibility index (Phi) is 5.50. The van der Waals surface area contributed by atoms with Crippen LogP contribution < -0.4 is 9.57 Å². The molecule has 0 aliphatic heterocycles. The summed E-state index contributed by atoms with van der Waals surface area (Å²) in [6.07, 6.45) is 0. The Labute approximate surface area is 139 Å². The third-order valence-electron chi connectivity index (χ3n) is 3.16. The average Bonchev–Trinajstić information content (AvgIpc) is 2.53. The van der Waals surface area contributed by atoms with Gasteiger partial charge in [-0.3, -0.25) is 0 Å². The second-order valence-electron chi connectivity index (χ2n) is 5.01. The number of benzene rings is 2. The van der Waals surface area contributed by atoms with E-state index in [9.17, 15) is 17.2 Å². The Balaban J connectivity index is 2.12. The molecule has 0 fully saturated rings. The quantitative estimate of drug-likeness (QED) is 0.639. The average molecular weight is 354 g/mol. The van der Waals surface area contributed by atoms with Gasteiger partial charge in [-0.15, -0.1) is 0 Å². The first-order valence-corrected chi connectivity index (χ1v) is 8.44. The van der Waals surface area contributed by atoms with E-state index in [1.807, 2.05) is 31.2 Å². The van der Waals surface area contributed by atoms with E-state index in [1.165, 1.54) is 0 Å². The van der Waals surface area contributed by atoms with Crippen molar-refractivity contribution in [3.63, 3.8) is 0 Å². The highest BCUT2D eigenvalue weighted by molar-refractivity contribution is 7.89. The summed E-state index contributed by atoms with van der Waals surface area (Å²) in [5, 5.41) is 3.87. The van der Waals surface area contributed by atoms with Crippen molar-refractivity contribution in [2.45, 2.75) is 25.4 Å². The predicted octanol–water partition coefficient (Wildman–Crippen LogP) is 3.30. The molecule has 0 unspecified atom stereocenters. The fourth-order valence-corrected chi connectivity index (χ4v) is 2.70. The number of ether oxygens (including phenoxy) is 1. The van der Waals surface area contributed by atoms with E-state index in [0.717, 1.165) is 35.4 Å². The molecule has 0 radical (unpaired) electrons. The molecule has 0 aliphatic rings. The lowest BCUT2D eigenvalue weighted by molar-refractivity contribution is -0.0498. The number of nitrogens with zero attached hydrogens (tertiary/aromatic N) is 1. The third kappa shape index (κ3) is 4.76. The van der Waals surface area contributed by atoms with Gasteiger partial charge in [-0.25, -0.2) is 0 Å². The summed E-state index contributed by atoms with van der Waals surface area (Å²) in [7, 11) is -3.90. The van der Waals surface area contributed by atoms with Crippen LogP contribution in [0.15, 0.2) is 58.5 Å². The number of hydrogen-bond donors (Lipinski definition) is 1. The molecule has 0 aromatic heterocycles. The normalized spacial score (nSPS) is 12.3. The monoisotopic (exact) mass is 354 g/mol. The van der Waals surface area contributed by atoms with Gasteiger partial charge < -0.3 is 4.74 Å². The van der Waals surface area contributed by atoms with Crippen LogP contribution in [0.2, 0.25) is 0 Å². The first-order valence-electron chi connectivity index (χ1n) is 6.96. The molecule has 24 heavy (non-hydrogen) atoms. The second-order valence-corrected chi connectivity index (χ2v) is 6.67. The third-order valence-corrected chi connectivity index (χ3v) is 4.39. The molecule has 0 atom stereocenters. The molecule has 0 aliphatic carbocycles. The van der Waals surface area contributed by atoms with Gasteiger partial charge in [0.05, 0.1) is 10.6 Å². The van der Waals surface area contributed by atoms with Crippen molar-refractivity contribution in [3.8, 4) is 5.75 Å². The fraction of sp³-hybridized carbons (Fsp3) is 0.188. The van der Waals surface area contributed by atoms with Crippen LogP contribution in [0.25, 0.3) is 0 Å². The number of hydrogen-bond acceptors (Lipinski definition) is 4. The predicted molar refractivity (Wildman–Crippen MR) is 86.8 cm³/mol. The molecule has 0 heterocycles. The molecule has 0 bridgehead atoms. The van der Waals surface area contributed by atoms with E-state index in [-0.39, 0.29) is 10.6 Å². The number of nitrogens with one attached hydrogen (secondary N) is 1. The number of hydrazone groups is 1. The Hall–Kier alpha value is -2.48. The smallest absolute Gasteiger partial charge is 0.387 e. The molecule has 0 saturated carbocycles. The van der Waals surface area contributed by atoms with Crippen molar-refractivity contribution in [2.75, 3.05) is 0 Å². The molecular formula is C16H16F2N2O3S. The minimum absolute atomic E-state index is 0.107. The van der Waals surface area contributed by atoms with E-state index >= 15 is 0 Å². The first kappa shape index (κ1) is 17.9. The number of alkyl halides is 2. The lowest BCUT2D eigenvalue weighted by Crippen LogP contribution is -2.20. The van der Waals surface area contributed by atoms with Crippen LogP contribution in [0, 0.1) is 6.92 Å². The molecule has 1 N–H and O–H groups in total. The van der Waals surface area contributed by atoms with E-state index < -0.39 is 16.6 Å². The molecule has 0 spiro atoms. The molecule has 128 valence electrons. The van der Waals surface area contributed by atoms with Gasteiger partial charge in [0.25, 0.3) is 10.0 Å². The Morgan fingerprint density at radius 1 is 1.08 bits per heavy atom. The first-order chi connectivity index (χ1) is 11.3. The summed E-state index contributed by atoms with van der Waals surface area (Å²) in [5.74, 6) is -0.122. The topological polar surface area (TPSA) is 67.8 Å². The van der Waals surface area contributed by atoms with Crippen LogP contribution in [0.3, 0.4) is 0 Å². The largest absolute Gasteiger partial charge is 0.435 e. The lowest BCUT2D eigenvalue weighted by Gasteiger charge is -2.07. The van der Waals surface area contributed by atoms with Crippen LogP contribution in [-0.2, 0) is 10.0 Å². The maximum atomic E-state index is 12.1. The molecule has 2 aromatic carbocycles. The second kappa shape index (κ2) is 7.39. The van der Waals surface area contributed by atoms with E-state index in [1.54, 1.807) is 6.92 Å². The van der Waals surface area contributed by atoms with E-state index in [4.69, 9.17) is 0 Å².